The zero-order valence-electron chi connectivity index (χ0n) is 20.5. The van der Waals surface area contributed by atoms with Gasteiger partial charge in [-0.3, -0.25) is 9.89 Å². The summed E-state index contributed by atoms with van der Waals surface area (Å²) < 4.78 is 0.760. The van der Waals surface area contributed by atoms with Gasteiger partial charge in [-0.1, -0.05) is 26.0 Å². The summed E-state index contributed by atoms with van der Waals surface area (Å²) in [5.41, 5.74) is 2.08. The van der Waals surface area contributed by atoms with Crippen LogP contribution in [0, 0.1) is 5.92 Å². The van der Waals surface area contributed by atoms with Crippen molar-refractivity contribution in [2.75, 3.05) is 36.8 Å². The van der Waals surface area contributed by atoms with Crippen LogP contribution in [0.15, 0.2) is 40.7 Å². The van der Waals surface area contributed by atoms with Gasteiger partial charge in [-0.2, -0.15) is 10.1 Å². The lowest BCUT2D eigenvalue weighted by Gasteiger charge is -2.19. The predicted octanol–water partition coefficient (Wildman–Crippen LogP) is 4.69. The minimum absolute atomic E-state index is 0.110. The fourth-order valence-corrected chi connectivity index (χ4v) is 4.35. The molecule has 1 saturated carbocycles. The third-order valence-corrected chi connectivity index (χ3v) is 6.95. The summed E-state index contributed by atoms with van der Waals surface area (Å²) in [7, 11) is 0. The Kier molecular flexibility index (Phi) is 8.92. The zero-order valence-corrected chi connectivity index (χ0v) is 22.1. The van der Waals surface area contributed by atoms with Gasteiger partial charge < -0.3 is 20.9 Å². The molecule has 0 aliphatic heterocycles. The number of aromatic amines is 1. The summed E-state index contributed by atoms with van der Waals surface area (Å²) in [6.07, 6.45) is 12.6. The van der Waals surface area contributed by atoms with Crippen LogP contribution in [0.25, 0.3) is 0 Å². The standard InChI is InChI=1S/C25H35BrN8O/c1-3-34(4-2)13-5-12-27-23(35)14-17-6-10-19(11-7-17)29-25-28-16-20(26)24(31-25)30-22-15-21(32-33-22)18-8-9-18/h6,10-11,15-18H,3-5,7-9,12-14H2,1-2H3,(H,27,35)(H3,28,29,30,31,32,33). The molecule has 2 heterocycles. The minimum Gasteiger partial charge on any atom is -0.356 e. The van der Waals surface area contributed by atoms with Gasteiger partial charge in [0.1, 0.15) is 0 Å². The van der Waals surface area contributed by atoms with E-state index in [2.05, 4.69) is 82.9 Å². The largest absolute Gasteiger partial charge is 0.356 e. The maximum Gasteiger partial charge on any atom is 0.229 e. The number of nitrogens with one attached hydrogen (secondary N) is 4. The third-order valence-electron chi connectivity index (χ3n) is 6.37. The fraction of sp³-hybridized carbons (Fsp3) is 0.520. The van der Waals surface area contributed by atoms with Gasteiger partial charge >= 0.3 is 0 Å². The number of nitrogens with zero attached hydrogens (tertiary/aromatic N) is 4. The lowest BCUT2D eigenvalue weighted by atomic mass is 9.95. The number of allylic oxidation sites excluding steroid dienone is 3. The summed E-state index contributed by atoms with van der Waals surface area (Å²) in [4.78, 5) is 23.6. The molecule has 2 aromatic rings. The zero-order chi connectivity index (χ0) is 24.6. The maximum atomic E-state index is 12.3. The van der Waals surface area contributed by atoms with Crippen LogP contribution in [0.3, 0.4) is 0 Å². The molecule has 2 aliphatic rings. The smallest absolute Gasteiger partial charge is 0.229 e. The van der Waals surface area contributed by atoms with Crippen molar-refractivity contribution in [1.29, 1.82) is 0 Å². The van der Waals surface area contributed by atoms with Crippen molar-refractivity contribution in [2.24, 2.45) is 5.92 Å². The Labute approximate surface area is 215 Å². The summed E-state index contributed by atoms with van der Waals surface area (Å²) in [6, 6.07) is 2.03. The molecule has 4 N–H and O–H groups in total. The average Bonchev–Trinajstić information content (AvgIpc) is 3.61. The number of rotatable bonds is 13. The highest BCUT2D eigenvalue weighted by molar-refractivity contribution is 9.10. The first-order valence-corrected chi connectivity index (χ1v) is 13.3. The molecule has 9 nitrogen and oxygen atoms in total. The van der Waals surface area contributed by atoms with Crippen molar-refractivity contribution in [1.82, 2.24) is 30.4 Å². The Morgan fingerprint density at radius 3 is 2.80 bits per heavy atom. The van der Waals surface area contributed by atoms with E-state index in [1.807, 2.05) is 12.1 Å². The van der Waals surface area contributed by atoms with Gasteiger partial charge in [0.25, 0.3) is 0 Å². The molecule has 35 heavy (non-hydrogen) atoms. The lowest BCUT2D eigenvalue weighted by Crippen LogP contribution is -2.30. The molecular formula is C25H35BrN8O. The third kappa shape index (κ3) is 7.63. The Morgan fingerprint density at radius 1 is 1.26 bits per heavy atom. The van der Waals surface area contributed by atoms with Crippen LogP contribution in [0.4, 0.5) is 17.6 Å². The van der Waals surface area contributed by atoms with Gasteiger partial charge in [-0.25, -0.2) is 4.98 Å². The molecule has 1 amide bonds. The molecule has 188 valence electrons. The highest BCUT2D eigenvalue weighted by atomic mass is 79.9. The molecule has 2 aromatic heterocycles. The summed E-state index contributed by atoms with van der Waals surface area (Å²) >= 11 is 3.51. The van der Waals surface area contributed by atoms with Gasteiger partial charge in [-0.15, -0.1) is 0 Å². The number of amides is 1. The second-order valence-electron chi connectivity index (χ2n) is 9.07. The lowest BCUT2D eigenvalue weighted by molar-refractivity contribution is -0.121. The molecule has 2 aliphatic carbocycles. The number of H-pyrrole nitrogens is 1. The highest BCUT2D eigenvalue weighted by Gasteiger charge is 2.25. The van der Waals surface area contributed by atoms with Crippen LogP contribution in [0.1, 0.15) is 57.6 Å². The number of hydrogen-bond donors (Lipinski definition) is 4. The SMILES string of the molecule is CCN(CC)CCCNC(=O)CC1C=CC(Nc2ncc(Br)c(Nc3cc(C4CC4)[nH]n3)n2)=CC1. The maximum absolute atomic E-state index is 12.3. The normalized spacial score (nSPS) is 17.4. The number of carbonyl (C=O) groups is 1. The van der Waals surface area contributed by atoms with E-state index in [-0.39, 0.29) is 11.8 Å². The van der Waals surface area contributed by atoms with E-state index in [0.717, 1.165) is 60.7 Å². The molecule has 1 atom stereocenters. The molecule has 4 rings (SSSR count). The Bertz CT molecular complexity index is 1060. The Balaban J connectivity index is 1.22. The van der Waals surface area contributed by atoms with Crippen molar-refractivity contribution in [3.63, 3.8) is 0 Å². The van der Waals surface area contributed by atoms with E-state index in [4.69, 9.17) is 0 Å². The molecule has 1 fully saturated rings. The number of halogens is 1. The summed E-state index contributed by atoms with van der Waals surface area (Å²) in [5.74, 6) is 2.80. The van der Waals surface area contributed by atoms with Gasteiger partial charge in [0, 0.05) is 42.5 Å². The van der Waals surface area contributed by atoms with Crippen molar-refractivity contribution >= 4 is 39.4 Å². The second-order valence-corrected chi connectivity index (χ2v) is 9.93. The summed E-state index contributed by atoms with van der Waals surface area (Å²) in [6.45, 7) is 8.18. The van der Waals surface area contributed by atoms with E-state index in [1.165, 1.54) is 12.8 Å². The van der Waals surface area contributed by atoms with Crippen molar-refractivity contribution in [3.05, 3.63) is 46.4 Å². The number of anilines is 3. The number of aromatic nitrogens is 4. The highest BCUT2D eigenvalue weighted by Crippen LogP contribution is 2.39. The van der Waals surface area contributed by atoms with Crippen molar-refractivity contribution in [3.8, 4) is 0 Å². The average molecular weight is 544 g/mol. The fourth-order valence-electron chi connectivity index (χ4n) is 4.06. The molecule has 0 spiro atoms. The van der Waals surface area contributed by atoms with Gasteiger partial charge in [0.2, 0.25) is 11.9 Å². The first kappa shape index (κ1) is 25.4. The first-order chi connectivity index (χ1) is 17.0. The molecular weight excluding hydrogens is 508 g/mol. The van der Waals surface area contributed by atoms with Crippen LogP contribution in [0.5, 0.6) is 0 Å². The topological polar surface area (TPSA) is 111 Å². The number of carbonyl (C=O) groups excluding carboxylic acids is 1. The van der Waals surface area contributed by atoms with E-state index < -0.39 is 0 Å². The van der Waals surface area contributed by atoms with Crippen LogP contribution in [-0.4, -0.2) is 57.2 Å². The van der Waals surface area contributed by atoms with Crippen molar-refractivity contribution in [2.45, 2.75) is 51.9 Å². The van der Waals surface area contributed by atoms with E-state index in [1.54, 1.807) is 6.20 Å². The second kappa shape index (κ2) is 12.3. The van der Waals surface area contributed by atoms with Crippen molar-refractivity contribution < 1.29 is 4.79 Å². The predicted molar refractivity (Wildman–Crippen MR) is 143 cm³/mol. The van der Waals surface area contributed by atoms with E-state index in [9.17, 15) is 4.79 Å². The van der Waals surface area contributed by atoms with Crippen LogP contribution in [0.2, 0.25) is 0 Å². The van der Waals surface area contributed by atoms with Gasteiger partial charge in [0.05, 0.1) is 4.47 Å². The minimum atomic E-state index is 0.110. The number of hydrogen-bond acceptors (Lipinski definition) is 7. The van der Waals surface area contributed by atoms with Crippen LogP contribution < -0.4 is 16.0 Å². The van der Waals surface area contributed by atoms with E-state index >= 15 is 0 Å². The molecule has 0 bridgehead atoms. The monoisotopic (exact) mass is 542 g/mol. The van der Waals surface area contributed by atoms with Crippen LogP contribution >= 0.6 is 15.9 Å². The molecule has 0 saturated heterocycles. The first-order valence-electron chi connectivity index (χ1n) is 12.5. The summed E-state index contributed by atoms with van der Waals surface area (Å²) in [5, 5.41) is 17.0. The molecule has 10 heteroatoms. The molecule has 0 radical (unpaired) electrons. The van der Waals surface area contributed by atoms with Gasteiger partial charge in [0.15, 0.2) is 11.6 Å². The van der Waals surface area contributed by atoms with E-state index in [0.29, 0.717) is 24.1 Å². The van der Waals surface area contributed by atoms with Gasteiger partial charge in [-0.05, 0) is 73.2 Å². The molecule has 0 aromatic carbocycles. The quantitative estimate of drug-likeness (QED) is 0.271. The van der Waals surface area contributed by atoms with Crippen LogP contribution in [-0.2, 0) is 4.79 Å². The molecule has 1 unspecified atom stereocenters. The Morgan fingerprint density at radius 2 is 2.09 bits per heavy atom. The Hall–Kier alpha value is -2.72.